The summed E-state index contributed by atoms with van der Waals surface area (Å²) in [5.74, 6) is 1.40. The van der Waals surface area contributed by atoms with Crippen LogP contribution in [0.2, 0.25) is 0 Å². The number of carbonyl (C=O) groups is 1. The molecule has 1 aliphatic rings. The van der Waals surface area contributed by atoms with Gasteiger partial charge in [-0.1, -0.05) is 43.7 Å². The predicted octanol–water partition coefficient (Wildman–Crippen LogP) is 4.01. The monoisotopic (exact) mass is 230 g/mol. The van der Waals surface area contributed by atoms with Crippen LogP contribution in [0.4, 0.5) is 0 Å². The molecule has 2 rings (SSSR count). The normalized spacial score (nSPS) is 22.4. The summed E-state index contributed by atoms with van der Waals surface area (Å²) < 4.78 is 0. The number of hydrogen-bond donors (Lipinski definition) is 0. The fourth-order valence-electron chi connectivity index (χ4n) is 2.85. The Morgan fingerprint density at radius 2 is 2.00 bits per heavy atom. The lowest BCUT2D eigenvalue weighted by Crippen LogP contribution is -2.25. The van der Waals surface area contributed by atoms with E-state index < -0.39 is 0 Å². The zero-order chi connectivity index (χ0) is 12.1. The first kappa shape index (κ1) is 12.3. The van der Waals surface area contributed by atoms with Crippen molar-refractivity contribution in [3.63, 3.8) is 0 Å². The Balaban J connectivity index is 1.84. The van der Waals surface area contributed by atoms with E-state index in [1.807, 2.05) is 0 Å². The third-order valence-electron chi connectivity index (χ3n) is 4.02. The van der Waals surface area contributed by atoms with Crippen molar-refractivity contribution >= 4 is 5.78 Å². The van der Waals surface area contributed by atoms with Crippen molar-refractivity contribution in [3.05, 3.63) is 35.9 Å². The third-order valence-corrected chi connectivity index (χ3v) is 4.02. The summed E-state index contributed by atoms with van der Waals surface area (Å²) in [5.41, 5.74) is 1.39. The molecule has 0 radical (unpaired) electrons. The minimum atomic E-state index is 0.340. The number of Topliss-reactive ketones (excluding diaryl/α,β-unsaturated/α-hetero) is 1. The van der Waals surface area contributed by atoms with Gasteiger partial charge in [0.15, 0.2) is 0 Å². The van der Waals surface area contributed by atoms with E-state index in [-0.39, 0.29) is 0 Å². The van der Waals surface area contributed by atoms with Crippen LogP contribution >= 0.6 is 0 Å². The van der Waals surface area contributed by atoms with Gasteiger partial charge in [0.2, 0.25) is 0 Å². The highest BCUT2D eigenvalue weighted by molar-refractivity contribution is 5.81. The van der Waals surface area contributed by atoms with E-state index in [9.17, 15) is 4.79 Å². The molecule has 0 bridgehead atoms. The second-order valence-corrected chi connectivity index (χ2v) is 5.32. The maximum absolute atomic E-state index is 11.8. The van der Waals surface area contributed by atoms with Gasteiger partial charge in [-0.3, -0.25) is 4.79 Å². The fraction of sp³-hybridized carbons (Fsp3) is 0.562. The van der Waals surface area contributed by atoms with E-state index in [1.54, 1.807) is 0 Å². The molecule has 0 N–H and O–H groups in total. The highest BCUT2D eigenvalue weighted by atomic mass is 16.1. The lowest BCUT2D eigenvalue weighted by Gasteiger charge is -2.26. The molecule has 1 aliphatic carbocycles. The zero-order valence-electron chi connectivity index (χ0n) is 10.7. The van der Waals surface area contributed by atoms with Crippen LogP contribution in [0.3, 0.4) is 0 Å². The maximum Gasteiger partial charge on any atom is 0.136 e. The molecule has 1 heteroatoms. The first-order chi connectivity index (χ1) is 8.27. The van der Waals surface area contributed by atoms with E-state index in [4.69, 9.17) is 0 Å². The highest BCUT2D eigenvalue weighted by Crippen LogP contribution is 2.29. The van der Waals surface area contributed by atoms with Crippen LogP contribution in [0, 0.1) is 11.8 Å². The summed E-state index contributed by atoms with van der Waals surface area (Å²) in [6, 6.07) is 10.6. The van der Waals surface area contributed by atoms with Crippen molar-refractivity contribution in [2.24, 2.45) is 11.8 Å². The van der Waals surface area contributed by atoms with Crippen molar-refractivity contribution in [2.45, 2.75) is 45.4 Å². The average Bonchev–Trinajstić information content (AvgIpc) is 2.38. The van der Waals surface area contributed by atoms with Gasteiger partial charge in [-0.2, -0.15) is 0 Å². The van der Waals surface area contributed by atoms with E-state index in [0.717, 1.165) is 32.1 Å². The predicted molar refractivity (Wildman–Crippen MR) is 70.9 cm³/mol. The van der Waals surface area contributed by atoms with Crippen molar-refractivity contribution in [2.75, 3.05) is 0 Å². The van der Waals surface area contributed by atoms with Gasteiger partial charge in [0, 0.05) is 12.3 Å². The van der Waals surface area contributed by atoms with Crippen molar-refractivity contribution in [1.29, 1.82) is 0 Å². The summed E-state index contributed by atoms with van der Waals surface area (Å²) in [6.07, 6.45) is 6.54. The van der Waals surface area contributed by atoms with Crippen LogP contribution in [0.25, 0.3) is 0 Å². The average molecular weight is 230 g/mol. The molecule has 1 aromatic carbocycles. The Bertz CT molecular complexity index is 355. The summed E-state index contributed by atoms with van der Waals surface area (Å²) in [4.78, 5) is 11.8. The second-order valence-electron chi connectivity index (χ2n) is 5.32. The van der Waals surface area contributed by atoms with Gasteiger partial charge >= 0.3 is 0 Å². The van der Waals surface area contributed by atoms with E-state index in [1.165, 1.54) is 12.0 Å². The first-order valence-electron chi connectivity index (χ1n) is 6.84. The summed E-state index contributed by atoms with van der Waals surface area (Å²) >= 11 is 0. The Hall–Kier alpha value is -1.11. The molecule has 1 aromatic rings. The molecule has 0 unspecified atom stereocenters. The van der Waals surface area contributed by atoms with Crippen molar-refractivity contribution in [1.82, 2.24) is 0 Å². The van der Waals surface area contributed by atoms with E-state index in [2.05, 4.69) is 37.3 Å². The standard InChI is InChI=1S/C16H22O/c1-13(15-9-5-6-10-16(15)17)11-12-14-7-3-2-4-8-14/h2-4,7-8,13,15H,5-6,9-12H2,1H3/t13-,15+/m0/s1. The van der Waals surface area contributed by atoms with Gasteiger partial charge in [-0.05, 0) is 37.2 Å². The number of benzene rings is 1. The minimum Gasteiger partial charge on any atom is -0.299 e. The van der Waals surface area contributed by atoms with Crippen LogP contribution in [-0.2, 0) is 11.2 Å². The number of aryl methyl sites for hydroxylation is 1. The molecule has 2 atom stereocenters. The Labute approximate surface area is 104 Å². The Morgan fingerprint density at radius 1 is 1.24 bits per heavy atom. The number of carbonyl (C=O) groups excluding carboxylic acids is 1. The molecule has 0 amide bonds. The van der Waals surface area contributed by atoms with Crippen LogP contribution in [-0.4, -0.2) is 5.78 Å². The van der Waals surface area contributed by atoms with E-state index in [0.29, 0.717) is 17.6 Å². The van der Waals surface area contributed by atoms with Gasteiger partial charge < -0.3 is 0 Å². The van der Waals surface area contributed by atoms with Gasteiger partial charge in [0.25, 0.3) is 0 Å². The highest BCUT2D eigenvalue weighted by Gasteiger charge is 2.26. The molecule has 1 nitrogen and oxygen atoms in total. The number of hydrogen-bond acceptors (Lipinski definition) is 1. The first-order valence-corrected chi connectivity index (χ1v) is 6.84. The molecule has 17 heavy (non-hydrogen) atoms. The lowest BCUT2D eigenvalue weighted by atomic mass is 9.78. The molecule has 1 saturated carbocycles. The van der Waals surface area contributed by atoms with Gasteiger partial charge in [0.05, 0.1) is 0 Å². The van der Waals surface area contributed by atoms with Crippen LogP contribution < -0.4 is 0 Å². The van der Waals surface area contributed by atoms with Crippen LogP contribution in [0.5, 0.6) is 0 Å². The molecule has 1 fully saturated rings. The lowest BCUT2D eigenvalue weighted by molar-refractivity contribution is -0.126. The molecule has 0 spiro atoms. The van der Waals surface area contributed by atoms with Crippen molar-refractivity contribution < 1.29 is 4.79 Å². The van der Waals surface area contributed by atoms with Gasteiger partial charge in [0.1, 0.15) is 5.78 Å². The largest absolute Gasteiger partial charge is 0.299 e. The Morgan fingerprint density at radius 3 is 2.71 bits per heavy atom. The molecular formula is C16H22O. The maximum atomic E-state index is 11.8. The van der Waals surface area contributed by atoms with Crippen LogP contribution in [0.1, 0.15) is 44.6 Å². The number of ketones is 1. The molecule has 92 valence electrons. The Kier molecular flexibility index (Phi) is 4.36. The molecule has 0 heterocycles. The summed E-state index contributed by atoms with van der Waals surface area (Å²) in [5, 5.41) is 0. The smallest absolute Gasteiger partial charge is 0.136 e. The third kappa shape index (κ3) is 3.42. The summed E-state index contributed by atoms with van der Waals surface area (Å²) in [7, 11) is 0. The fourth-order valence-corrected chi connectivity index (χ4v) is 2.85. The SMILES string of the molecule is C[C@@H](CCc1ccccc1)[C@H]1CCCCC1=O. The van der Waals surface area contributed by atoms with E-state index >= 15 is 0 Å². The molecular weight excluding hydrogens is 208 g/mol. The zero-order valence-corrected chi connectivity index (χ0v) is 10.7. The minimum absolute atomic E-state index is 0.340. The van der Waals surface area contributed by atoms with Gasteiger partial charge in [-0.15, -0.1) is 0 Å². The number of rotatable bonds is 4. The quantitative estimate of drug-likeness (QED) is 0.763. The van der Waals surface area contributed by atoms with Crippen LogP contribution in [0.15, 0.2) is 30.3 Å². The summed E-state index contributed by atoms with van der Waals surface area (Å²) in [6.45, 7) is 2.25. The molecule has 0 saturated heterocycles. The topological polar surface area (TPSA) is 17.1 Å². The van der Waals surface area contributed by atoms with Crippen molar-refractivity contribution in [3.8, 4) is 0 Å². The second kappa shape index (κ2) is 6.00. The van der Waals surface area contributed by atoms with Gasteiger partial charge in [-0.25, -0.2) is 0 Å². The molecule has 0 aromatic heterocycles. The molecule has 0 aliphatic heterocycles.